The Balaban J connectivity index is 1.84. The van der Waals surface area contributed by atoms with Crippen LogP contribution in [0, 0.1) is 5.82 Å². The number of rotatable bonds is 8. The minimum atomic E-state index is -3.77. The summed E-state index contributed by atoms with van der Waals surface area (Å²) in [6.45, 7) is 3.35. The molecule has 1 unspecified atom stereocenters. The molecule has 6 nitrogen and oxygen atoms in total. The highest BCUT2D eigenvalue weighted by atomic mass is 32.2. The number of hydrogen-bond acceptors (Lipinski definition) is 4. The molecule has 0 bridgehead atoms. The number of benzene rings is 2. The average Bonchev–Trinajstić information content (AvgIpc) is 2.77. The molecule has 1 amide bonds. The van der Waals surface area contributed by atoms with Crippen molar-refractivity contribution >= 4 is 21.6 Å². The Morgan fingerprint density at radius 3 is 2.29 bits per heavy atom. The molecule has 1 N–H and O–H groups in total. The molecule has 3 rings (SSSR count). The molecule has 8 heteroatoms. The molecule has 1 saturated heterocycles. The van der Waals surface area contributed by atoms with Gasteiger partial charge in [0.1, 0.15) is 11.9 Å². The molecular weight excluding hydrogens is 419 g/mol. The SMILES string of the molecule is CCC(C(=O)NCC1(c2ccccc2)CCOCC1)N(c1ccc(F)cc1)S(C)(=O)=O. The van der Waals surface area contributed by atoms with E-state index in [1.807, 2.05) is 18.2 Å². The van der Waals surface area contributed by atoms with Crippen molar-refractivity contribution in [2.24, 2.45) is 0 Å². The predicted octanol–water partition coefficient (Wildman–Crippen LogP) is 3.23. The van der Waals surface area contributed by atoms with Gasteiger partial charge in [0.2, 0.25) is 15.9 Å². The first-order valence-electron chi connectivity index (χ1n) is 10.4. The van der Waals surface area contributed by atoms with Gasteiger partial charge in [-0.05, 0) is 49.1 Å². The summed E-state index contributed by atoms with van der Waals surface area (Å²) < 4.78 is 45.1. The Bertz CT molecular complexity index is 974. The van der Waals surface area contributed by atoms with Crippen LogP contribution in [0.25, 0.3) is 0 Å². The first kappa shape index (κ1) is 23.2. The third-order valence-electron chi connectivity index (χ3n) is 5.85. The molecule has 1 aliphatic heterocycles. The van der Waals surface area contributed by atoms with Crippen LogP contribution in [0.3, 0.4) is 0 Å². The number of nitrogens with one attached hydrogen (secondary N) is 1. The van der Waals surface area contributed by atoms with Gasteiger partial charge in [-0.3, -0.25) is 9.10 Å². The smallest absolute Gasteiger partial charge is 0.243 e. The van der Waals surface area contributed by atoms with Crippen molar-refractivity contribution in [3.05, 3.63) is 66.0 Å². The summed E-state index contributed by atoms with van der Waals surface area (Å²) in [5, 5.41) is 3.00. The van der Waals surface area contributed by atoms with E-state index in [9.17, 15) is 17.6 Å². The van der Waals surface area contributed by atoms with E-state index < -0.39 is 21.9 Å². The second-order valence-electron chi connectivity index (χ2n) is 7.94. The molecule has 168 valence electrons. The molecule has 0 radical (unpaired) electrons. The lowest BCUT2D eigenvalue weighted by Gasteiger charge is -2.39. The number of halogens is 1. The van der Waals surface area contributed by atoms with Crippen LogP contribution in [0.2, 0.25) is 0 Å². The van der Waals surface area contributed by atoms with Crippen LogP contribution in [0.4, 0.5) is 10.1 Å². The fourth-order valence-corrected chi connectivity index (χ4v) is 5.36. The number of sulfonamides is 1. The molecule has 0 aromatic heterocycles. The first-order chi connectivity index (χ1) is 14.8. The Morgan fingerprint density at radius 1 is 1.13 bits per heavy atom. The number of anilines is 1. The Kier molecular flexibility index (Phi) is 7.33. The monoisotopic (exact) mass is 448 g/mol. The van der Waals surface area contributed by atoms with Crippen molar-refractivity contribution in [1.29, 1.82) is 0 Å². The molecule has 0 spiro atoms. The quantitative estimate of drug-likeness (QED) is 0.673. The average molecular weight is 449 g/mol. The molecular formula is C23H29FN2O4S. The van der Waals surface area contributed by atoms with Gasteiger partial charge in [0, 0.05) is 25.2 Å². The molecule has 1 atom stereocenters. The molecule has 1 heterocycles. The van der Waals surface area contributed by atoms with Crippen LogP contribution < -0.4 is 9.62 Å². The fraction of sp³-hybridized carbons (Fsp3) is 0.435. The lowest BCUT2D eigenvalue weighted by atomic mass is 9.74. The zero-order valence-corrected chi connectivity index (χ0v) is 18.7. The zero-order valence-electron chi connectivity index (χ0n) is 17.9. The van der Waals surface area contributed by atoms with Gasteiger partial charge in [0.15, 0.2) is 0 Å². The van der Waals surface area contributed by atoms with Crippen molar-refractivity contribution in [1.82, 2.24) is 5.32 Å². The van der Waals surface area contributed by atoms with Crippen LogP contribution in [0.1, 0.15) is 31.7 Å². The van der Waals surface area contributed by atoms with E-state index in [4.69, 9.17) is 4.74 Å². The largest absolute Gasteiger partial charge is 0.381 e. The minimum absolute atomic E-state index is 0.259. The van der Waals surface area contributed by atoms with Crippen molar-refractivity contribution in [2.75, 3.05) is 30.3 Å². The maximum absolute atomic E-state index is 13.4. The van der Waals surface area contributed by atoms with Crippen molar-refractivity contribution in [3.63, 3.8) is 0 Å². The molecule has 2 aromatic carbocycles. The summed E-state index contributed by atoms with van der Waals surface area (Å²) in [5.41, 5.74) is 1.12. The zero-order chi connectivity index (χ0) is 22.5. The number of hydrogen-bond donors (Lipinski definition) is 1. The van der Waals surface area contributed by atoms with E-state index in [2.05, 4.69) is 17.4 Å². The third-order valence-corrected chi connectivity index (χ3v) is 7.03. The van der Waals surface area contributed by atoms with Crippen LogP contribution in [-0.4, -0.2) is 46.4 Å². The number of carbonyl (C=O) groups is 1. The molecule has 0 aliphatic carbocycles. The van der Waals surface area contributed by atoms with Gasteiger partial charge in [0.25, 0.3) is 0 Å². The number of ether oxygens (including phenoxy) is 1. The molecule has 1 aliphatic rings. The number of amides is 1. The maximum Gasteiger partial charge on any atom is 0.243 e. The fourth-order valence-electron chi connectivity index (χ4n) is 4.14. The highest BCUT2D eigenvalue weighted by Gasteiger charge is 2.37. The van der Waals surface area contributed by atoms with Gasteiger partial charge < -0.3 is 10.1 Å². The standard InChI is InChI=1S/C23H29FN2O4S/c1-3-21(26(31(2,28)29)20-11-9-19(24)10-12-20)22(27)25-17-23(13-15-30-16-14-23)18-7-5-4-6-8-18/h4-12,21H,3,13-17H2,1-2H3,(H,25,27). The maximum atomic E-state index is 13.4. The van der Waals surface area contributed by atoms with E-state index in [1.54, 1.807) is 6.92 Å². The van der Waals surface area contributed by atoms with Gasteiger partial charge >= 0.3 is 0 Å². The highest BCUT2D eigenvalue weighted by molar-refractivity contribution is 7.92. The van der Waals surface area contributed by atoms with Gasteiger partial charge in [0.05, 0.1) is 11.9 Å². The molecule has 31 heavy (non-hydrogen) atoms. The van der Waals surface area contributed by atoms with E-state index in [-0.39, 0.29) is 23.4 Å². The normalized spacial score (nSPS) is 17.0. The van der Waals surface area contributed by atoms with Crippen molar-refractivity contribution in [2.45, 2.75) is 37.6 Å². The number of carbonyl (C=O) groups excluding carboxylic acids is 1. The number of nitrogens with zero attached hydrogens (tertiary/aromatic N) is 1. The summed E-state index contributed by atoms with van der Waals surface area (Å²) in [5.74, 6) is -0.849. The summed E-state index contributed by atoms with van der Waals surface area (Å²) in [4.78, 5) is 13.2. The van der Waals surface area contributed by atoms with Gasteiger partial charge in [-0.25, -0.2) is 12.8 Å². The highest BCUT2D eigenvalue weighted by Crippen LogP contribution is 2.34. The lowest BCUT2D eigenvalue weighted by molar-refractivity contribution is -0.122. The molecule has 0 saturated carbocycles. The van der Waals surface area contributed by atoms with Gasteiger partial charge in [-0.1, -0.05) is 37.3 Å². The summed E-state index contributed by atoms with van der Waals surface area (Å²) in [6.07, 6.45) is 2.86. The Labute approximate surface area is 183 Å². The molecule has 2 aromatic rings. The third kappa shape index (κ3) is 5.43. The Morgan fingerprint density at radius 2 is 1.74 bits per heavy atom. The summed E-state index contributed by atoms with van der Waals surface area (Å²) in [6, 6.07) is 14.2. The molecule has 1 fully saturated rings. The van der Waals surface area contributed by atoms with E-state index in [1.165, 1.54) is 24.3 Å². The van der Waals surface area contributed by atoms with E-state index in [0.717, 1.165) is 29.0 Å². The lowest BCUT2D eigenvalue weighted by Crippen LogP contribution is -2.52. The van der Waals surface area contributed by atoms with Crippen LogP contribution >= 0.6 is 0 Å². The first-order valence-corrected chi connectivity index (χ1v) is 12.3. The minimum Gasteiger partial charge on any atom is -0.381 e. The second-order valence-corrected chi connectivity index (χ2v) is 9.80. The topological polar surface area (TPSA) is 75.7 Å². The van der Waals surface area contributed by atoms with Crippen molar-refractivity contribution < 1.29 is 22.3 Å². The Hall–Kier alpha value is -2.45. The van der Waals surface area contributed by atoms with Crippen LogP contribution in [0.15, 0.2) is 54.6 Å². The van der Waals surface area contributed by atoms with E-state index in [0.29, 0.717) is 19.8 Å². The van der Waals surface area contributed by atoms with Crippen LogP contribution in [-0.2, 0) is 25.0 Å². The predicted molar refractivity (Wildman–Crippen MR) is 119 cm³/mol. The second kappa shape index (κ2) is 9.78. The summed E-state index contributed by atoms with van der Waals surface area (Å²) in [7, 11) is -3.77. The van der Waals surface area contributed by atoms with E-state index >= 15 is 0 Å². The van der Waals surface area contributed by atoms with Gasteiger partial charge in [-0.2, -0.15) is 0 Å². The van der Waals surface area contributed by atoms with Crippen LogP contribution in [0.5, 0.6) is 0 Å². The summed E-state index contributed by atoms with van der Waals surface area (Å²) >= 11 is 0. The van der Waals surface area contributed by atoms with Gasteiger partial charge in [-0.15, -0.1) is 0 Å². The van der Waals surface area contributed by atoms with Crippen molar-refractivity contribution in [3.8, 4) is 0 Å².